The van der Waals surface area contributed by atoms with Crippen molar-refractivity contribution < 1.29 is 104 Å². The molecular formula is C4H8KNaO4. The van der Waals surface area contributed by atoms with E-state index in [9.17, 15) is 9.59 Å². The second-order valence-electron chi connectivity index (χ2n) is 1.29. The number of rotatable bonds is 3. The predicted octanol–water partition coefficient (Wildman–Crippen LogP) is -5.83. The van der Waals surface area contributed by atoms with Gasteiger partial charge >= 0.3 is 92.9 Å². The van der Waals surface area contributed by atoms with Crippen LogP contribution < -0.4 is 80.9 Å². The fourth-order valence-electron chi connectivity index (χ4n) is 0.214. The Kier molecular flexibility index (Phi) is 18.6. The average Bonchev–Trinajstić information content (AvgIpc) is 1.61. The van der Waals surface area contributed by atoms with Crippen LogP contribution in [0.4, 0.5) is 0 Å². The van der Waals surface area contributed by atoms with Gasteiger partial charge in [-0.05, 0) is 0 Å². The summed E-state index contributed by atoms with van der Waals surface area (Å²) in [5.74, 6) is -2.15. The van der Waals surface area contributed by atoms with Crippen molar-refractivity contribution in [3.8, 4) is 0 Å². The molecule has 0 aliphatic carbocycles. The molecule has 0 aliphatic rings. The minimum Gasteiger partial charge on any atom is -1.00 e. The topological polar surface area (TPSA) is 74.6 Å². The minimum absolute atomic E-state index is 0. The van der Waals surface area contributed by atoms with E-state index in [-0.39, 0.29) is 96.6 Å². The first-order valence-electron chi connectivity index (χ1n) is 2.06. The number of carbonyl (C=O) groups is 2. The fourth-order valence-corrected chi connectivity index (χ4v) is 0.214. The Morgan fingerprint density at radius 2 is 1.30 bits per heavy atom. The summed E-state index contributed by atoms with van der Waals surface area (Å²) < 4.78 is 0. The van der Waals surface area contributed by atoms with Crippen molar-refractivity contribution in [1.29, 1.82) is 0 Å². The molecule has 0 radical (unpaired) electrons. The summed E-state index contributed by atoms with van der Waals surface area (Å²) >= 11 is 0. The molecule has 0 aromatic heterocycles. The van der Waals surface area contributed by atoms with Gasteiger partial charge in [-0.25, -0.2) is 0 Å². The maximum atomic E-state index is 9.64. The Morgan fingerprint density at radius 3 is 1.40 bits per heavy atom. The molecule has 0 aromatic carbocycles. The average molecular weight is 182 g/mol. The molecule has 0 amide bonds. The molecule has 0 spiro atoms. The minimum atomic E-state index is -1.08. The van der Waals surface area contributed by atoms with E-state index in [2.05, 4.69) is 0 Å². The van der Waals surface area contributed by atoms with Crippen LogP contribution in [-0.4, -0.2) is 22.2 Å². The third-order valence-corrected chi connectivity index (χ3v) is 0.553. The molecule has 0 heterocycles. The Hall–Kier alpha value is 1.58. The quantitative estimate of drug-likeness (QED) is 0.426. The van der Waals surface area contributed by atoms with Gasteiger partial charge in [-0.15, -0.1) is 0 Å². The molecule has 0 saturated carbocycles. The van der Waals surface area contributed by atoms with Gasteiger partial charge in [-0.2, -0.15) is 0 Å². The van der Waals surface area contributed by atoms with Gasteiger partial charge in [0.25, 0.3) is 0 Å². The standard InChI is InChI=1S/C4H6O4.K.Na.2H/c5-3(6)1-2-4(7)8;;;;/h1-2H2,(H,5,6)(H,7,8);;;;/q;2*+1;2*-1. The van der Waals surface area contributed by atoms with Crippen LogP contribution in [0, 0.1) is 0 Å². The molecule has 0 unspecified atom stereocenters. The van der Waals surface area contributed by atoms with E-state index in [1.807, 2.05) is 0 Å². The summed E-state index contributed by atoms with van der Waals surface area (Å²) in [6, 6.07) is 0. The SMILES string of the molecule is O=C(O)CCC(=O)O.[H-].[H-].[K+].[Na+]. The Labute approximate surface area is 126 Å². The maximum absolute atomic E-state index is 9.64. The first-order chi connectivity index (χ1) is 3.63. The monoisotopic (exact) mass is 182 g/mol. The Bertz CT molecular complexity index is 110. The van der Waals surface area contributed by atoms with Gasteiger partial charge < -0.3 is 13.1 Å². The predicted molar refractivity (Wildman–Crippen MR) is 26.7 cm³/mol. The van der Waals surface area contributed by atoms with Gasteiger partial charge in [0.2, 0.25) is 0 Å². The molecule has 0 aromatic rings. The maximum Gasteiger partial charge on any atom is 1.00 e. The summed E-state index contributed by atoms with van der Waals surface area (Å²) in [5.41, 5.74) is 0. The molecule has 2 N–H and O–H groups in total. The number of hydrogen-bond acceptors (Lipinski definition) is 2. The first-order valence-corrected chi connectivity index (χ1v) is 2.06. The molecule has 0 aliphatic heterocycles. The van der Waals surface area contributed by atoms with Crippen LogP contribution in [-0.2, 0) is 9.59 Å². The van der Waals surface area contributed by atoms with Crippen LogP contribution >= 0.6 is 0 Å². The zero-order valence-electron chi connectivity index (χ0n) is 8.13. The second-order valence-corrected chi connectivity index (χ2v) is 1.29. The van der Waals surface area contributed by atoms with Crippen molar-refractivity contribution in [3.05, 3.63) is 0 Å². The number of carboxylic acid groups (broad SMARTS) is 2. The van der Waals surface area contributed by atoms with Crippen LogP contribution in [0.15, 0.2) is 0 Å². The van der Waals surface area contributed by atoms with Gasteiger partial charge in [-0.1, -0.05) is 0 Å². The van der Waals surface area contributed by atoms with Crippen LogP contribution in [0.5, 0.6) is 0 Å². The van der Waals surface area contributed by atoms with Gasteiger partial charge in [0.05, 0.1) is 12.8 Å². The summed E-state index contributed by atoms with van der Waals surface area (Å²) in [6.07, 6.45) is -0.593. The van der Waals surface area contributed by atoms with Crippen molar-refractivity contribution in [2.24, 2.45) is 0 Å². The van der Waals surface area contributed by atoms with Crippen molar-refractivity contribution >= 4 is 11.9 Å². The van der Waals surface area contributed by atoms with E-state index in [1.54, 1.807) is 0 Å². The molecule has 0 rings (SSSR count). The fraction of sp³-hybridized carbons (Fsp3) is 0.500. The zero-order valence-corrected chi connectivity index (χ0v) is 11.2. The Morgan fingerprint density at radius 1 is 1.10 bits per heavy atom. The van der Waals surface area contributed by atoms with E-state index in [0.717, 1.165) is 0 Å². The van der Waals surface area contributed by atoms with Gasteiger partial charge in [0, 0.05) is 0 Å². The van der Waals surface area contributed by atoms with Crippen molar-refractivity contribution in [2.45, 2.75) is 12.8 Å². The van der Waals surface area contributed by atoms with Gasteiger partial charge in [0.1, 0.15) is 0 Å². The molecule has 10 heavy (non-hydrogen) atoms. The van der Waals surface area contributed by atoms with Crippen LogP contribution in [0.2, 0.25) is 0 Å². The first kappa shape index (κ1) is 17.6. The molecule has 0 atom stereocenters. The molecule has 0 fully saturated rings. The summed E-state index contributed by atoms with van der Waals surface area (Å²) in [7, 11) is 0. The molecule has 0 bridgehead atoms. The molecule has 50 valence electrons. The third-order valence-electron chi connectivity index (χ3n) is 0.553. The van der Waals surface area contributed by atoms with Gasteiger partial charge in [0.15, 0.2) is 0 Å². The zero-order chi connectivity index (χ0) is 6.57. The van der Waals surface area contributed by atoms with Gasteiger partial charge in [-0.3, -0.25) is 9.59 Å². The summed E-state index contributed by atoms with van der Waals surface area (Å²) in [6.45, 7) is 0. The van der Waals surface area contributed by atoms with E-state index in [0.29, 0.717) is 0 Å². The van der Waals surface area contributed by atoms with Crippen molar-refractivity contribution in [3.63, 3.8) is 0 Å². The van der Waals surface area contributed by atoms with Crippen LogP contribution in [0.3, 0.4) is 0 Å². The van der Waals surface area contributed by atoms with E-state index in [1.165, 1.54) is 0 Å². The summed E-state index contributed by atoms with van der Waals surface area (Å²) in [5, 5.41) is 15.8. The summed E-state index contributed by atoms with van der Waals surface area (Å²) in [4.78, 5) is 19.3. The third kappa shape index (κ3) is 16.3. The van der Waals surface area contributed by atoms with Crippen LogP contribution in [0.25, 0.3) is 0 Å². The van der Waals surface area contributed by atoms with E-state index >= 15 is 0 Å². The van der Waals surface area contributed by atoms with E-state index < -0.39 is 11.9 Å². The van der Waals surface area contributed by atoms with E-state index in [4.69, 9.17) is 10.2 Å². The van der Waals surface area contributed by atoms with Crippen molar-refractivity contribution in [2.75, 3.05) is 0 Å². The molecular weight excluding hydrogens is 174 g/mol. The smallest absolute Gasteiger partial charge is 1.00 e. The largest absolute Gasteiger partial charge is 1.00 e. The van der Waals surface area contributed by atoms with Crippen LogP contribution in [0.1, 0.15) is 15.7 Å². The Balaban J connectivity index is -0.0000000408. The molecule has 6 heteroatoms. The van der Waals surface area contributed by atoms with Crippen molar-refractivity contribution in [1.82, 2.24) is 0 Å². The number of carboxylic acids is 2. The number of hydrogen-bond donors (Lipinski definition) is 2. The molecule has 4 nitrogen and oxygen atoms in total. The second kappa shape index (κ2) is 10.6. The number of aliphatic carboxylic acids is 2. The molecule has 0 saturated heterocycles. The normalized spacial score (nSPS) is 6.80.